The van der Waals surface area contributed by atoms with E-state index in [0.717, 1.165) is 43.4 Å². The third kappa shape index (κ3) is 2.92. The van der Waals surface area contributed by atoms with Crippen LogP contribution in [0.4, 0.5) is 0 Å². The summed E-state index contributed by atoms with van der Waals surface area (Å²) < 4.78 is 11.5. The van der Waals surface area contributed by atoms with E-state index in [1.807, 2.05) is 0 Å². The van der Waals surface area contributed by atoms with Gasteiger partial charge in [0.15, 0.2) is 0 Å². The average molecular weight is 415 g/mol. The monoisotopic (exact) mass is 414 g/mol. The number of allylic oxidation sites excluding steroid dienone is 1. The second-order valence-corrected chi connectivity index (χ2v) is 11.7. The summed E-state index contributed by atoms with van der Waals surface area (Å²) in [5.74, 6) is 2.57. The Bertz CT molecular complexity index is 786. The smallest absolute Gasteiger partial charge is 0.306 e. The lowest BCUT2D eigenvalue weighted by atomic mass is 9.46. The second-order valence-electron chi connectivity index (χ2n) is 11.7. The fourth-order valence-corrected chi connectivity index (χ4v) is 8.92. The van der Waals surface area contributed by atoms with Gasteiger partial charge in [-0.15, -0.1) is 0 Å². The second kappa shape index (κ2) is 6.84. The maximum absolute atomic E-state index is 11.9. The van der Waals surface area contributed by atoms with Crippen molar-refractivity contribution >= 4 is 11.9 Å². The first-order valence-electron chi connectivity index (χ1n) is 12.2. The molecule has 4 aliphatic carbocycles. The molecule has 0 spiro atoms. The van der Waals surface area contributed by atoms with Crippen molar-refractivity contribution in [3.63, 3.8) is 0 Å². The Labute approximate surface area is 181 Å². The maximum Gasteiger partial charge on any atom is 0.306 e. The van der Waals surface area contributed by atoms with Crippen molar-refractivity contribution in [2.24, 2.45) is 34.5 Å². The van der Waals surface area contributed by atoms with Crippen LogP contribution >= 0.6 is 0 Å². The van der Waals surface area contributed by atoms with E-state index in [1.54, 1.807) is 5.57 Å². The molecule has 0 unspecified atom stereocenters. The lowest BCUT2D eigenvalue weighted by Crippen LogP contribution is -2.53. The van der Waals surface area contributed by atoms with Crippen LogP contribution in [0.3, 0.4) is 0 Å². The van der Waals surface area contributed by atoms with Crippen LogP contribution in [-0.4, -0.2) is 23.6 Å². The third-order valence-electron chi connectivity index (χ3n) is 10.3. The molecule has 3 saturated carbocycles. The van der Waals surface area contributed by atoms with E-state index >= 15 is 0 Å². The van der Waals surface area contributed by atoms with Crippen molar-refractivity contribution in [2.75, 3.05) is 0 Å². The molecule has 0 aromatic rings. The molecule has 0 N–H and O–H groups in total. The van der Waals surface area contributed by atoms with Crippen LogP contribution in [0.1, 0.15) is 91.9 Å². The zero-order valence-corrected chi connectivity index (χ0v) is 19.2. The van der Waals surface area contributed by atoms with Gasteiger partial charge in [0.1, 0.15) is 11.7 Å². The van der Waals surface area contributed by atoms with Gasteiger partial charge in [-0.1, -0.05) is 25.5 Å². The van der Waals surface area contributed by atoms with Crippen molar-refractivity contribution in [3.05, 3.63) is 11.6 Å². The van der Waals surface area contributed by atoms with Gasteiger partial charge in [-0.25, -0.2) is 0 Å². The van der Waals surface area contributed by atoms with Gasteiger partial charge in [-0.3, -0.25) is 9.59 Å². The molecule has 8 atom stereocenters. The highest BCUT2D eigenvalue weighted by molar-refractivity contribution is 5.72. The van der Waals surface area contributed by atoms with Crippen molar-refractivity contribution in [1.29, 1.82) is 0 Å². The van der Waals surface area contributed by atoms with Gasteiger partial charge >= 0.3 is 11.9 Å². The molecule has 4 nitrogen and oxygen atoms in total. The minimum absolute atomic E-state index is 0.000489. The number of hydrogen-bond acceptors (Lipinski definition) is 4. The van der Waals surface area contributed by atoms with Gasteiger partial charge in [0.2, 0.25) is 0 Å². The average Bonchev–Trinajstić information content (AvgIpc) is 3.21. The van der Waals surface area contributed by atoms with Crippen molar-refractivity contribution < 1.29 is 19.1 Å². The van der Waals surface area contributed by atoms with Crippen LogP contribution in [0.25, 0.3) is 0 Å². The van der Waals surface area contributed by atoms with E-state index in [2.05, 4.69) is 26.8 Å². The largest absolute Gasteiger partial charge is 0.462 e. The summed E-state index contributed by atoms with van der Waals surface area (Å²) in [7, 11) is 0. The molecule has 0 aromatic carbocycles. The molecule has 0 radical (unpaired) electrons. The Hall–Kier alpha value is -1.32. The Morgan fingerprint density at radius 2 is 1.87 bits per heavy atom. The lowest BCUT2D eigenvalue weighted by Gasteiger charge is -2.59. The third-order valence-corrected chi connectivity index (χ3v) is 10.3. The van der Waals surface area contributed by atoms with Gasteiger partial charge in [0, 0.05) is 25.7 Å². The zero-order chi connectivity index (χ0) is 21.3. The SMILES string of the molecule is CC(=O)O[C@H]1CC[C@@]2(C)C(=CC[C@H]3[C@@H]4CC[C@H]([C@@]5(C)CCC(=O)O5)[C@@]4(C)CC[C@@H]32)C1. The van der Waals surface area contributed by atoms with E-state index in [1.165, 1.54) is 39.0 Å². The molecule has 5 aliphatic rings. The van der Waals surface area contributed by atoms with Crippen LogP contribution in [0.2, 0.25) is 0 Å². The molecular formula is C26H38O4. The summed E-state index contributed by atoms with van der Waals surface area (Å²) in [6.07, 6.45) is 13.3. The Balaban J connectivity index is 1.39. The predicted molar refractivity (Wildman–Crippen MR) is 114 cm³/mol. The highest BCUT2D eigenvalue weighted by Crippen LogP contribution is 2.68. The predicted octanol–water partition coefficient (Wildman–Crippen LogP) is 5.59. The van der Waals surface area contributed by atoms with Gasteiger partial charge in [0.05, 0.1) is 0 Å². The van der Waals surface area contributed by atoms with Crippen LogP contribution in [0.15, 0.2) is 11.6 Å². The highest BCUT2D eigenvalue weighted by Gasteiger charge is 2.63. The van der Waals surface area contributed by atoms with Gasteiger partial charge in [-0.05, 0) is 86.9 Å². The van der Waals surface area contributed by atoms with E-state index in [0.29, 0.717) is 12.3 Å². The van der Waals surface area contributed by atoms with Crippen molar-refractivity contribution in [3.8, 4) is 0 Å². The fraction of sp³-hybridized carbons (Fsp3) is 0.846. The molecule has 1 aliphatic heterocycles. The normalized spacial score (nSPS) is 50.1. The van der Waals surface area contributed by atoms with Crippen LogP contribution < -0.4 is 0 Å². The van der Waals surface area contributed by atoms with Crippen LogP contribution in [0.5, 0.6) is 0 Å². The number of rotatable bonds is 2. The van der Waals surface area contributed by atoms with Crippen LogP contribution in [-0.2, 0) is 19.1 Å². The number of esters is 2. The zero-order valence-electron chi connectivity index (χ0n) is 19.2. The standard InChI is InChI=1S/C26H38O4/c1-16(27)29-18-9-12-24(2)17(15-18)5-6-19-20-7-8-22(25(20,3)13-10-21(19)24)26(4)14-11-23(28)30-26/h5,18-22H,6-15H2,1-4H3/t18-,19-,20-,21-,22-,24-,25-,26+/m0/s1. The highest BCUT2D eigenvalue weighted by atomic mass is 16.6. The lowest BCUT2D eigenvalue weighted by molar-refractivity contribution is -0.159. The van der Waals surface area contributed by atoms with E-state index in [4.69, 9.17) is 9.47 Å². The Kier molecular flexibility index (Phi) is 4.69. The summed E-state index contributed by atoms with van der Waals surface area (Å²) in [5, 5.41) is 0. The fourth-order valence-electron chi connectivity index (χ4n) is 8.92. The quantitative estimate of drug-likeness (QED) is 0.436. The molecule has 0 amide bonds. The van der Waals surface area contributed by atoms with Gasteiger partial charge in [-0.2, -0.15) is 0 Å². The van der Waals surface area contributed by atoms with Crippen molar-refractivity contribution in [2.45, 2.75) is 104 Å². The Morgan fingerprint density at radius 1 is 1.07 bits per heavy atom. The van der Waals surface area contributed by atoms with E-state index in [9.17, 15) is 9.59 Å². The maximum atomic E-state index is 11.9. The minimum atomic E-state index is -0.255. The van der Waals surface area contributed by atoms with Crippen molar-refractivity contribution in [1.82, 2.24) is 0 Å². The molecule has 0 aromatic heterocycles. The van der Waals surface area contributed by atoms with E-state index < -0.39 is 0 Å². The van der Waals surface area contributed by atoms with Crippen LogP contribution in [0, 0.1) is 34.5 Å². The topological polar surface area (TPSA) is 52.6 Å². The molecule has 4 fully saturated rings. The number of carbonyl (C=O) groups is 2. The first-order valence-corrected chi connectivity index (χ1v) is 12.2. The molecule has 0 bridgehead atoms. The number of ether oxygens (including phenoxy) is 2. The molecule has 4 heteroatoms. The first-order chi connectivity index (χ1) is 14.2. The summed E-state index contributed by atoms with van der Waals surface area (Å²) in [6, 6.07) is 0. The molecular weight excluding hydrogens is 376 g/mol. The summed E-state index contributed by atoms with van der Waals surface area (Å²) in [6.45, 7) is 8.75. The summed E-state index contributed by atoms with van der Waals surface area (Å²) in [4.78, 5) is 23.4. The number of fused-ring (bicyclic) bond motifs is 5. The summed E-state index contributed by atoms with van der Waals surface area (Å²) in [5.41, 5.74) is 1.85. The molecule has 5 rings (SSSR count). The number of carbonyl (C=O) groups excluding carboxylic acids is 2. The number of cyclic esters (lactones) is 1. The first kappa shape index (κ1) is 20.6. The molecule has 1 saturated heterocycles. The molecule has 30 heavy (non-hydrogen) atoms. The summed E-state index contributed by atoms with van der Waals surface area (Å²) >= 11 is 0. The Morgan fingerprint density at radius 3 is 2.57 bits per heavy atom. The van der Waals surface area contributed by atoms with E-state index in [-0.39, 0.29) is 34.5 Å². The van der Waals surface area contributed by atoms with Gasteiger partial charge in [0.25, 0.3) is 0 Å². The molecule has 166 valence electrons. The number of hydrogen-bond donors (Lipinski definition) is 0. The van der Waals surface area contributed by atoms with Gasteiger partial charge < -0.3 is 9.47 Å². The molecule has 1 heterocycles. The minimum Gasteiger partial charge on any atom is -0.462 e.